The van der Waals surface area contributed by atoms with Crippen LogP contribution in [0.1, 0.15) is 28.5 Å². The van der Waals surface area contributed by atoms with Crippen LogP contribution in [0.5, 0.6) is 0 Å². The van der Waals surface area contributed by atoms with Crippen molar-refractivity contribution in [3.63, 3.8) is 0 Å². The summed E-state index contributed by atoms with van der Waals surface area (Å²) in [5.74, 6) is 0.102. The standard InChI is InChI=1S/C21H20N4O4/c1-22-16-5-3-2-4-14(16)9-19(22)20(26)23-10-13-8-15(12-23)17-6-7-18(25(28)29)21(27)24(17)11-13/h2-7,9,13,15H,8,10-12H2,1H3/t13-,15?/m0/s1. The lowest BCUT2D eigenvalue weighted by Crippen LogP contribution is -2.49. The fraction of sp³-hybridized carbons (Fsp3) is 0.333. The molecule has 2 bridgehead atoms. The highest BCUT2D eigenvalue weighted by Gasteiger charge is 2.38. The highest BCUT2D eigenvalue weighted by atomic mass is 16.6. The van der Waals surface area contributed by atoms with Gasteiger partial charge in [-0.15, -0.1) is 0 Å². The van der Waals surface area contributed by atoms with Crippen LogP contribution in [-0.2, 0) is 13.6 Å². The number of hydrogen-bond donors (Lipinski definition) is 0. The molecule has 148 valence electrons. The fourth-order valence-electron chi connectivity index (χ4n) is 4.90. The third-order valence-corrected chi connectivity index (χ3v) is 6.24. The second kappa shape index (κ2) is 6.30. The maximum Gasteiger partial charge on any atom is 0.334 e. The maximum absolute atomic E-state index is 13.3. The molecule has 0 spiro atoms. The van der Waals surface area contributed by atoms with Crippen LogP contribution in [-0.4, -0.2) is 38.0 Å². The Kier molecular flexibility index (Phi) is 3.84. The number of para-hydroxylation sites is 1. The average Bonchev–Trinajstić information content (AvgIpc) is 3.04. The van der Waals surface area contributed by atoms with E-state index >= 15 is 0 Å². The van der Waals surface area contributed by atoms with Gasteiger partial charge in [0.1, 0.15) is 5.69 Å². The molecule has 3 aromatic rings. The summed E-state index contributed by atoms with van der Waals surface area (Å²) in [6.45, 7) is 1.46. The molecule has 0 radical (unpaired) electrons. The molecule has 1 amide bonds. The van der Waals surface area contributed by atoms with E-state index in [-0.39, 0.29) is 17.7 Å². The molecule has 2 aromatic heterocycles. The lowest BCUT2D eigenvalue weighted by atomic mass is 9.83. The summed E-state index contributed by atoms with van der Waals surface area (Å²) in [6, 6.07) is 12.8. The molecule has 0 saturated carbocycles. The molecular formula is C21H20N4O4. The molecule has 29 heavy (non-hydrogen) atoms. The van der Waals surface area contributed by atoms with Gasteiger partial charge in [-0.2, -0.15) is 0 Å². The summed E-state index contributed by atoms with van der Waals surface area (Å²) in [7, 11) is 1.90. The van der Waals surface area contributed by atoms with Crippen molar-refractivity contribution in [3.05, 3.63) is 74.3 Å². The van der Waals surface area contributed by atoms with Crippen molar-refractivity contribution in [2.75, 3.05) is 13.1 Å². The highest BCUT2D eigenvalue weighted by molar-refractivity contribution is 5.98. The van der Waals surface area contributed by atoms with Gasteiger partial charge in [0.15, 0.2) is 0 Å². The molecule has 8 nitrogen and oxygen atoms in total. The van der Waals surface area contributed by atoms with Gasteiger partial charge >= 0.3 is 11.2 Å². The van der Waals surface area contributed by atoms with Crippen LogP contribution in [0, 0.1) is 16.0 Å². The highest BCUT2D eigenvalue weighted by Crippen LogP contribution is 2.36. The van der Waals surface area contributed by atoms with Gasteiger partial charge in [0.05, 0.1) is 4.92 Å². The first-order valence-corrected chi connectivity index (χ1v) is 9.66. The third kappa shape index (κ3) is 2.66. The van der Waals surface area contributed by atoms with Gasteiger partial charge in [-0.05, 0) is 30.5 Å². The molecule has 1 unspecified atom stereocenters. The van der Waals surface area contributed by atoms with Crippen molar-refractivity contribution in [1.82, 2.24) is 14.0 Å². The van der Waals surface area contributed by atoms with E-state index in [0.29, 0.717) is 25.3 Å². The lowest BCUT2D eigenvalue weighted by Gasteiger charge is -2.42. The number of aryl methyl sites for hydroxylation is 1. The van der Waals surface area contributed by atoms with Crippen molar-refractivity contribution in [3.8, 4) is 0 Å². The molecule has 5 rings (SSSR count). The average molecular weight is 392 g/mol. The molecule has 8 heteroatoms. The summed E-state index contributed by atoms with van der Waals surface area (Å²) in [5, 5.41) is 12.1. The molecule has 1 fully saturated rings. The number of fused-ring (bicyclic) bond motifs is 5. The second-order valence-corrected chi connectivity index (χ2v) is 7.97. The number of rotatable bonds is 2. The number of carbonyl (C=O) groups is 1. The Bertz CT molecular complexity index is 1230. The molecule has 2 aliphatic rings. The van der Waals surface area contributed by atoms with Crippen molar-refractivity contribution >= 4 is 22.5 Å². The normalized spacial score (nSPS) is 20.5. The summed E-state index contributed by atoms with van der Waals surface area (Å²) in [5.41, 5.74) is 1.50. The molecule has 1 aromatic carbocycles. The first kappa shape index (κ1) is 17.7. The Morgan fingerprint density at radius 2 is 1.93 bits per heavy atom. The van der Waals surface area contributed by atoms with Crippen LogP contribution in [0.25, 0.3) is 10.9 Å². The predicted octanol–water partition coefficient (Wildman–Crippen LogP) is 2.51. The molecule has 2 aliphatic heterocycles. The van der Waals surface area contributed by atoms with E-state index in [1.165, 1.54) is 10.6 Å². The van der Waals surface area contributed by atoms with Gasteiger partial charge in [-0.3, -0.25) is 19.7 Å². The number of piperidine rings is 1. The number of nitrogens with zero attached hydrogens (tertiary/aromatic N) is 4. The number of amides is 1. The van der Waals surface area contributed by atoms with Crippen LogP contribution < -0.4 is 5.56 Å². The minimum Gasteiger partial charge on any atom is -0.340 e. The second-order valence-electron chi connectivity index (χ2n) is 7.97. The SMILES string of the molecule is Cn1c(C(=O)N2CC3C[C@@H](C2)Cn2c3ccc([N+](=O)[O-])c2=O)cc2ccccc21. The van der Waals surface area contributed by atoms with Gasteiger partial charge < -0.3 is 14.0 Å². The van der Waals surface area contributed by atoms with Crippen molar-refractivity contribution < 1.29 is 9.72 Å². The fourth-order valence-corrected chi connectivity index (χ4v) is 4.90. The first-order valence-electron chi connectivity index (χ1n) is 9.66. The third-order valence-electron chi connectivity index (χ3n) is 6.24. The zero-order chi connectivity index (χ0) is 20.3. The number of carbonyl (C=O) groups excluding carboxylic acids is 1. The van der Waals surface area contributed by atoms with Gasteiger partial charge in [-0.25, -0.2) is 0 Å². The largest absolute Gasteiger partial charge is 0.340 e. The molecule has 0 aliphatic carbocycles. The van der Waals surface area contributed by atoms with Crippen molar-refractivity contribution in [2.24, 2.45) is 13.0 Å². The minimum absolute atomic E-state index is 0.00892. The molecule has 1 saturated heterocycles. The quantitative estimate of drug-likeness (QED) is 0.495. The predicted molar refractivity (Wildman–Crippen MR) is 107 cm³/mol. The van der Waals surface area contributed by atoms with Crippen molar-refractivity contribution in [2.45, 2.75) is 18.9 Å². The number of nitro groups is 1. The number of pyridine rings is 1. The number of aromatic nitrogens is 2. The minimum atomic E-state index is -0.629. The number of benzene rings is 1. The van der Waals surface area contributed by atoms with Crippen LogP contribution in [0.2, 0.25) is 0 Å². The Morgan fingerprint density at radius 3 is 2.69 bits per heavy atom. The zero-order valence-electron chi connectivity index (χ0n) is 15.9. The zero-order valence-corrected chi connectivity index (χ0v) is 15.9. The smallest absolute Gasteiger partial charge is 0.334 e. The number of likely N-dealkylation sites (tertiary alicyclic amines) is 1. The number of hydrogen-bond acceptors (Lipinski definition) is 4. The summed E-state index contributed by atoms with van der Waals surface area (Å²) < 4.78 is 3.46. The summed E-state index contributed by atoms with van der Waals surface area (Å²) in [6.07, 6.45) is 0.885. The molecule has 4 heterocycles. The van der Waals surface area contributed by atoms with Gasteiger partial charge in [0, 0.05) is 55.3 Å². The molecular weight excluding hydrogens is 372 g/mol. The van der Waals surface area contributed by atoms with E-state index in [2.05, 4.69) is 0 Å². The summed E-state index contributed by atoms with van der Waals surface area (Å²) >= 11 is 0. The van der Waals surface area contributed by atoms with E-state index in [0.717, 1.165) is 23.0 Å². The monoisotopic (exact) mass is 392 g/mol. The Hall–Kier alpha value is -3.42. The van der Waals surface area contributed by atoms with Gasteiger partial charge in [-0.1, -0.05) is 18.2 Å². The Morgan fingerprint density at radius 1 is 1.14 bits per heavy atom. The van der Waals surface area contributed by atoms with E-state index in [1.54, 1.807) is 6.07 Å². The van der Waals surface area contributed by atoms with Crippen LogP contribution in [0.15, 0.2) is 47.3 Å². The van der Waals surface area contributed by atoms with Gasteiger partial charge in [0.2, 0.25) is 0 Å². The van der Waals surface area contributed by atoms with E-state index in [9.17, 15) is 19.7 Å². The van der Waals surface area contributed by atoms with Crippen LogP contribution >= 0.6 is 0 Å². The lowest BCUT2D eigenvalue weighted by molar-refractivity contribution is -0.386. The topological polar surface area (TPSA) is 90.4 Å². The molecule has 2 atom stereocenters. The Balaban J connectivity index is 1.48. The first-order chi connectivity index (χ1) is 13.9. The van der Waals surface area contributed by atoms with E-state index in [1.807, 2.05) is 46.8 Å². The van der Waals surface area contributed by atoms with E-state index < -0.39 is 16.2 Å². The van der Waals surface area contributed by atoms with E-state index in [4.69, 9.17) is 0 Å². The maximum atomic E-state index is 13.3. The van der Waals surface area contributed by atoms with Gasteiger partial charge in [0.25, 0.3) is 5.91 Å². The van der Waals surface area contributed by atoms with Crippen molar-refractivity contribution in [1.29, 1.82) is 0 Å². The Labute approximate surface area is 166 Å². The van der Waals surface area contributed by atoms with Crippen LogP contribution in [0.3, 0.4) is 0 Å². The summed E-state index contributed by atoms with van der Waals surface area (Å²) in [4.78, 5) is 38.1. The van der Waals surface area contributed by atoms with Crippen LogP contribution in [0.4, 0.5) is 5.69 Å². The molecule has 0 N–H and O–H groups in total.